The summed E-state index contributed by atoms with van der Waals surface area (Å²) in [5.74, 6) is -14.6. The average molecular weight is 316 g/mol. The van der Waals surface area contributed by atoms with E-state index < -0.39 is 35.9 Å². The first kappa shape index (κ1) is 16.2. The summed E-state index contributed by atoms with van der Waals surface area (Å²) in [5.41, 5.74) is -7.32. The molecule has 0 aromatic carbocycles. The molecule has 1 aliphatic heterocycles. The van der Waals surface area contributed by atoms with Crippen LogP contribution < -0.4 is 0 Å². The van der Waals surface area contributed by atoms with Crippen LogP contribution in [0.15, 0.2) is 0 Å². The van der Waals surface area contributed by atoms with E-state index in [2.05, 4.69) is 0 Å². The van der Waals surface area contributed by atoms with Crippen molar-refractivity contribution in [2.75, 3.05) is 0 Å². The molecule has 19 heavy (non-hydrogen) atoms. The first-order chi connectivity index (χ1) is 7.96. The van der Waals surface area contributed by atoms with Crippen LogP contribution >= 0.6 is 0 Å². The van der Waals surface area contributed by atoms with Gasteiger partial charge in [0.15, 0.2) is 0 Å². The second-order valence-electron chi connectivity index (χ2n) is 3.44. The molecule has 1 heterocycles. The molecule has 0 bridgehead atoms. The van der Waals surface area contributed by atoms with Crippen LogP contribution in [0.2, 0.25) is 0 Å². The molecule has 0 saturated carbocycles. The summed E-state index contributed by atoms with van der Waals surface area (Å²) in [7, 11) is 0. The van der Waals surface area contributed by atoms with E-state index in [9.17, 15) is 52.7 Å². The standard InChI is InChI=1S/C6F12O/c7-1(4(12,13)14)2(8,9)3(10,11)6(17,18)19-5(1,15)16. The zero-order chi connectivity index (χ0) is 15.7. The van der Waals surface area contributed by atoms with Gasteiger partial charge in [0.05, 0.1) is 0 Å². The third-order valence-corrected chi connectivity index (χ3v) is 2.24. The molecule has 0 N–H and O–H groups in total. The van der Waals surface area contributed by atoms with Crippen molar-refractivity contribution in [3.05, 3.63) is 0 Å². The normalized spacial score (nSPS) is 36.0. The largest absolute Gasteiger partial charge is 0.437 e. The van der Waals surface area contributed by atoms with Crippen LogP contribution in [0.3, 0.4) is 0 Å². The smallest absolute Gasteiger partial charge is 0.247 e. The summed E-state index contributed by atoms with van der Waals surface area (Å²) in [6, 6.07) is 0. The Labute approximate surface area is 94.7 Å². The highest BCUT2D eigenvalue weighted by molar-refractivity contribution is 5.16. The lowest BCUT2D eigenvalue weighted by Crippen LogP contribution is -2.80. The summed E-state index contributed by atoms with van der Waals surface area (Å²) in [6.07, 6.45) is -20.9. The second kappa shape index (κ2) is 3.41. The molecular formula is C6F12O. The highest BCUT2D eigenvalue weighted by Gasteiger charge is 2.98. The zero-order valence-electron chi connectivity index (χ0n) is 7.94. The van der Waals surface area contributed by atoms with Gasteiger partial charge in [-0.15, -0.1) is 0 Å². The third-order valence-electron chi connectivity index (χ3n) is 2.24. The molecule has 0 amide bonds. The Kier molecular flexibility index (Phi) is 2.90. The summed E-state index contributed by atoms with van der Waals surface area (Å²) < 4.78 is 150. The lowest BCUT2D eigenvalue weighted by atomic mass is 9.87. The van der Waals surface area contributed by atoms with Gasteiger partial charge in [0.25, 0.3) is 0 Å². The maximum atomic E-state index is 12.9. The van der Waals surface area contributed by atoms with E-state index in [1.165, 1.54) is 0 Å². The second-order valence-corrected chi connectivity index (χ2v) is 3.44. The fraction of sp³-hybridized carbons (Fsp3) is 1.00. The minimum atomic E-state index is -7.47. The maximum absolute atomic E-state index is 12.9. The molecule has 1 unspecified atom stereocenters. The molecule has 114 valence electrons. The van der Waals surface area contributed by atoms with E-state index in [4.69, 9.17) is 0 Å². The quantitative estimate of drug-likeness (QED) is 0.619. The number of alkyl halides is 12. The molecule has 1 nitrogen and oxygen atoms in total. The van der Waals surface area contributed by atoms with Crippen LogP contribution in [0.5, 0.6) is 0 Å². The SMILES string of the molecule is FC(F)(F)C1(F)C(F)(F)OC(F)(F)C(F)(F)C1(F)F. The Morgan fingerprint density at radius 1 is 0.579 bits per heavy atom. The van der Waals surface area contributed by atoms with Gasteiger partial charge in [-0.25, -0.2) is 9.13 Å². The van der Waals surface area contributed by atoms with Crippen LogP contribution in [-0.2, 0) is 4.74 Å². The van der Waals surface area contributed by atoms with Gasteiger partial charge in [-0.05, 0) is 0 Å². The van der Waals surface area contributed by atoms with Gasteiger partial charge in [0.1, 0.15) is 0 Å². The molecule has 1 atom stereocenters. The van der Waals surface area contributed by atoms with Gasteiger partial charge in [0.2, 0.25) is 0 Å². The molecule has 0 aromatic heterocycles. The van der Waals surface area contributed by atoms with Crippen LogP contribution in [0.25, 0.3) is 0 Å². The molecule has 1 aliphatic rings. The van der Waals surface area contributed by atoms with E-state index in [0.717, 1.165) is 0 Å². The van der Waals surface area contributed by atoms with E-state index >= 15 is 0 Å². The van der Waals surface area contributed by atoms with Gasteiger partial charge >= 0.3 is 35.9 Å². The third kappa shape index (κ3) is 1.56. The molecule has 0 spiro atoms. The lowest BCUT2D eigenvalue weighted by molar-refractivity contribution is -0.565. The van der Waals surface area contributed by atoms with Gasteiger partial charge in [0, 0.05) is 0 Å². The van der Waals surface area contributed by atoms with Gasteiger partial charge in [-0.2, -0.15) is 48.3 Å². The zero-order valence-corrected chi connectivity index (χ0v) is 7.94. The monoisotopic (exact) mass is 316 g/mol. The number of rotatable bonds is 0. The van der Waals surface area contributed by atoms with Crippen molar-refractivity contribution < 1.29 is 57.4 Å². The Hall–Kier alpha value is -0.880. The molecule has 0 aromatic rings. The first-order valence-corrected chi connectivity index (χ1v) is 3.93. The van der Waals surface area contributed by atoms with Gasteiger partial charge in [-0.3, -0.25) is 0 Å². The van der Waals surface area contributed by atoms with Crippen molar-refractivity contribution in [1.29, 1.82) is 0 Å². The maximum Gasteiger partial charge on any atom is 0.437 e. The summed E-state index contributed by atoms with van der Waals surface area (Å²) in [4.78, 5) is 0. The number of ether oxygens (including phenoxy) is 1. The Morgan fingerprint density at radius 3 is 1.26 bits per heavy atom. The van der Waals surface area contributed by atoms with E-state index in [0.29, 0.717) is 0 Å². The van der Waals surface area contributed by atoms with E-state index in [-0.39, 0.29) is 0 Å². The lowest BCUT2D eigenvalue weighted by Gasteiger charge is -2.48. The van der Waals surface area contributed by atoms with Crippen LogP contribution in [0.1, 0.15) is 0 Å². The highest BCUT2D eigenvalue weighted by Crippen LogP contribution is 2.66. The number of hydrogen-bond acceptors (Lipinski definition) is 1. The molecule has 1 fully saturated rings. The van der Waals surface area contributed by atoms with Crippen molar-refractivity contribution in [3.63, 3.8) is 0 Å². The van der Waals surface area contributed by atoms with Gasteiger partial charge in [-0.1, -0.05) is 0 Å². The molecule has 0 aliphatic carbocycles. The summed E-state index contributed by atoms with van der Waals surface area (Å²) >= 11 is 0. The molecule has 13 heteroatoms. The topological polar surface area (TPSA) is 9.23 Å². The predicted octanol–water partition coefficient (Wildman–Crippen LogP) is 3.74. The summed E-state index contributed by atoms with van der Waals surface area (Å²) in [5, 5.41) is 0. The fourth-order valence-corrected chi connectivity index (χ4v) is 1.22. The Bertz CT molecular complexity index is 382. The summed E-state index contributed by atoms with van der Waals surface area (Å²) in [6.45, 7) is 0. The fourth-order valence-electron chi connectivity index (χ4n) is 1.22. The van der Waals surface area contributed by atoms with Crippen LogP contribution in [-0.4, -0.2) is 35.9 Å². The predicted molar refractivity (Wildman–Crippen MR) is 30.8 cm³/mol. The molecule has 0 radical (unpaired) electrons. The van der Waals surface area contributed by atoms with Crippen LogP contribution in [0.4, 0.5) is 52.7 Å². The molecular weight excluding hydrogens is 316 g/mol. The number of halogens is 12. The minimum absolute atomic E-state index is 1.66. The average Bonchev–Trinajstić information content (AvgIpc) is 2.10. The minimum Gasteiger partial charge on any atom is -0.247 e. The van der Waals surface area contributed by atoms with E-state index in [1.807, 2.05) is 0 Å². The van der Waals surface area contributed by atoms with Crippen molar-refractivity contribution in [2.24, 2.45) is 0 Å². The Balaban J connectivity index is 3.65. The van der Waals surface area contributed by atoms with Gasteiger partial charge < -0.3 is 0 Å². The van der Waals surface area contributed by atoms with Crippen molar-refractivity contribution >= 4 is 0 Å². The molecule has 1 rings (SSSR count). The van der Waals surface area contributed by atoms with Crippen molar-refractivity contribution in [3.8, 4) is 0 Å². The van der Waals surface area contributed by atoms with Crippen LogP contribution in [0, 0.1) is 0 Å². The Morgan fingerprint density at radius 2 is 0.947 bits per heavy atom. The highest BCUT2D eigenvalue weighted by atomic mass is 19.4. The molecule has 1 saturated heterocycles. The van der Waals surface area contributed by atoms with E-state index in [1.54, 1.807) is 4.74 Å². The van der Waals surface area contributed by atoms with Crippen molar-refractivity contribution in [2.45, 2.75) is 35.9 Å². The number of hydrogen-bond donors (Lipinski definition) is 0. The first-order valence-electron chi connectivity index (χ1n) is 3.93. The van der Waals surface area contributed by atoms with Crippen molar-refractivity contribution in [1.82, 2.24) is 0 Å².